The van der Waals surface area contributed by atoms with E-state index in [4.69, 9.17) is 5.73 Å². The molecule has 0 spiro atoms. The second-order valence-electron chi connectivity index (χ2n) is 5.25. The second-order valence-corrected chi connectivity index (χ2v) is 6.33. The van der Waals surface area contributed by atoms with Crippen molar-refractivity contribution in [2.45, 2.75) is 22.1 Å². The SMILES string of the molecule is Cl.NCC(O)CN1c2ccccc2Sc2ccc(C(F)(F)F)cc21. The third kappa shape index (κ3) is 3.64. The molecular weight excluding hydrogens is 361 g/mol. The lowest BCUT2D eigenvalue weighted by atomic mass is 10.1. The number of aliphatic hydroxyl groups is 1. The van der Waals surface area contributed by atoms with Gasteiger partial charge in [0.2, 0.25) is 0 Å². The molecule has 0 radical (unpaired) electrons. The van der Waals surface area contributed by atoms with Crippen molar-refractivity contribution in [1.29, 1.82) is 0 Å². The second kappa shape index (κ2) is 7.23. The zero-order valence-electron chi connectivity index (χ0n) is 12.5. The van der Waals surface area contributed by atoms with Crippen molar-refractivity contribution in [3.8, 4) is 0 Å². The van der Waals surface area contributed by atoms with Crippen LogP contribution in [0.4, 0.5) is 24.5 Å². The summed E-state index contributed by atoms with van der Waals surface area (Å²) in [7, 11) is 0. The van der Waals surface area contributed by atoms with Gasteiger partial charge in [-0.1, -0.05) is 23.9 Å². The summed E-state index contributed by atoms with van der Waals surface area (Å²) in [5.74, 6) is 0. The highest BCUT2D eigenvalue weighted by molar-refractivity contribution is 7.99. The average Bonchev–Trinajstić information content (AvgIpc) is 2.53. The lowest BCUT2D eigenvalue weighted by Crippen LogP contribution is -2.35. The first kappa shape index (κ1) is 18.9. The molecule has 0 aliphatic carbocycles. The third-order valence-corrected chi connectivity index (χ3v) is 4.75. The number of halogens is 4. The van der Waals surface area contributed by atoms with Crippen molar-refractivity contribution >= 4 is 35.5 Å². The Balaban J connectivity index is 0.00000208. The fraction of sp³-hybridized carbons (Fsp3) is 0.250. The van der Waals surface area contributed by atoms with Gasteiger partial charge in [-0.3, -0.25) is 0 Å². The summed E-state index contributed by atoms with van der Waals surface area (Å²) in [4.78, 5) is 3.36. The van der Waals surface area contributed by atoms with E-state index in [2.05, 4.69) is 0 Å². The van der Waals surface area contributed by atoms with Gasteiger partial charge >= 0.3 is 6.18 Å². The normalized spacial score (nSPS) is 14.5. The van der Waals surface area contributed by atoms with Gasteiger partial charge in [0.25, 0.3) is 0 Å². The number of aliphatic hydroxyl groups excluding tert-OH is 1. The van der Waals surface area contributed by atoms with E-state index in [-0.39, 0.29) is 25.5 Å². The van der Waals surface area contributed by atoms with Crippen molar-refractivity contribution in [2.75, 3.05) is 18.0 Å². The molecule has 0 bridgehead atoms. The summed E-state index contributed by atoms with van der Waals surface area (Å²) < 4.78 is 39.0. The summed E-state index contributed by atoms with van der Waals surface area (Å²) in [5.41, 5.74) is 5.98. The van der Waals surface area contributed by atoms with Crippen LogP contribution in [-0.2, 0) is 6.18 Å². The lowest BCUT2D eigenvalue weighted by Gasteiger charge is -2.34. The van der Waals surface area contributed by atoms with E-state index in [1.807, 2.05) is 24.3 Å². The largest absolute Gasteiger partial charge is 0.416 e. The molecule has 3 N–H and O–H groups in total. The van der Waals surface area contributed by atoms with Gasteiger partial charge in [0, 0.05) is 16.3 Å². The summed E-state index contributed by atoms with van der Waals surface area (Å²) in [6.07, 6.45) is -5.23. The minimum absolute atomic E-state index is 0. The smallest absolute Gasteiger partial charge is 0.390 e. The Hall–Kier alpha value is -1.41. The molecule has 0 saturated carbocycles. The number of fused-ring (bicyclic) bond motifs is 2. The highest BCUT2D eigenvalue weighted by atomic mass is 35.5. The third-order valence-electron chi connectivity index (χ3n) is 3.62. The molecule has 0 fully saturated rings. The molecule has 0 saturated heterocycles. The van der Waals surface area contributed by atoms with E-state index in [0.717, 1.165) is 27.6 Å². The summed E-state index contributed by atoms with van der Waals surface area (Å²) in [5, 5.41) is 9.89. The molecule has 1 aliphatic rings. The quantitative estimate of drug-likeness (QED) is 0.848. The van der Waals surface area contributed by atoms with Crippen LogP contribution >= 0.6 is 24.2 Å². The van der Waals surface area contributed by atoms with Gasteiger partial charge in [-0.15, -0.1) is 12.4 Å². The minimum atomic E-state index is -4.41. The maximum atomic E-state index is 13.0. The van der Waals surface area contributed by atoms with Crippen LogP contribution in [0.5, 0.6) is 0 Å². The zero-order chi connectivity index (χ0) is 16.6. The predicted molar refractivity (Wildman–Crippen MR) is 91.3 cm³/mol. The summed E-state index contributed by atoms with van der Waals surface area (Å²) in [6.45, 7) is 0.183. The van der Waals surface area contributed by atoms with Crippen molar-refractivity contribution in [3.63, 3.8) is 0 Å². The molecular formula is C16H16ClF3N2OS. The van der Waals surface area contributed by atoms with E-state index in [1.54, 1.807) is 4.90 Å². The maximum absolute atomic E-state index is 13.0. The Kier molecular flexibility index (Phi) is 5.70. The minimum Gasteiger partial charge on any atom is -0.390 e. The molecule has 2 aromatic carbocycles. The number of nitrogens with zero attached hydrogens (tertiary/aromatic N) is 1. The molecule has 8 heteroatoms. The van der Waals surface area contributed by atoms with Crippen molar-refractivity contribution in [2.24, 2.45) is 5.73 Å². The fourth-order valence-electron chi connectivity index (χ4n) is 2.49. The fourth-order valence-corrected chi connectivity index (χ4v) is 3.56. The molecule has 2 aromatic rings. The summed E-state index contributed by atoms with van der Waals surface area (Å²) >= 11 is 1.42. The Morgan fingerprint density at radius 3 is 2.42 bits per heavy atom. The van der Waals surface area contributed by atoms with E-state index >= 15 is 0 Å². The molecule has 1 atom stereocenters. The highest BCUT2D eigenvalue weighted by Gasteiger charge is 2.33. The van der Waals surface area contributed by atoms with E-state index < -0.39 is 17.8 Å². The van der Waals surface area contributed by atoms with Gasteiger partial charge in [-0.2, -0.15) is 13.2 Å². The van der Waals surface area contributed by atoms with Gasteiger partial charge in [0.1, 0.15) is 0 Å². The standard InChI is InChI=1S/C16H15F3N2OS.ClH/c17-16(18,19)10-5-6-15-13(7-10)21(9-11(22)8-20)12-3-1-2-4-14(12)23-15;/h1-7,11,22H,8-9,20H2;1H. The first-order chi connectivity index (χ1) is 10.9. The number of para-hydroxylation sites is 1. The number of nitrogens with two attached hydrogens (primary N) is 1. The van der Waals surface area contributed by atoms with Crippen molar-refractivity contribution in [1.82, 2.24) is 0 Å². The van der Waals surface area contributed by atoms with Gasteiger partial charge in [-0.25, -0.2) is 0 Å². The number of rotatable bonds is 3. The van der Waals surface area contributed by atoms with Crippen LogP contribution in [0.25, 0.3) is 0 Å². The van der Waals surface area contributed by atoms with Crippen LogP contribution < -0.4 is 10.6 Å². The van der Waals surface area contributed by atoms with Crippen LogP contribution in [0, 0.1) is 0 Å². The molecule has 3 rings (SSSR count). The number of alkyl halides is 3. The zero-order valence-corrected chi connectivity index (χ0v) is 14.1. The predicted octanol–water partition coefficient (Wildman–Crippen LogP) is 4.05. The van der Waals surface area contributed by atoms with Crippen LogP contribution in [-0.4, -0.2) is 24.3 Å². The van der Waals surface area contributed by atoms with E-state index in [0.29, 0.717) is 5.69 Å². The van der Waals surface area contributed by atoms with Gasteiger partial charge in [0.15, 0.2) is 0 Å². The van der Waals surface area contributed by atoms with E-state index in [1.165, 1.54) is 17.8 Å². The summed E-state index contributed by atoms with van der Waals surface area (Å²) in [6, 6.07) is 11.1. The molecule has 24 heavy (non-hydrogen) atoms. The number of hydrogen-bond acceptors (Lipinski definition) is 4. The number of anilines is 2. The monoisotopic (exact) mass is 376 g/mol. The number of β-amino-alcohol motifs (C(OH)–C–C–N with tert-alkyl or cyclic N) is 1. The first-order valence-electron chi connectivity index (χ1n) is 7.04. The molecule has 0 aromatic heterocycles. The molecule has 0 amide bonds. The average molecular weight is 377 g/mol. The molecule has 1 unspecified atom stereocenters. The lowest BCUT2D eigenvalue weighted by molar-refractivity contribution is -0.137. The molecule has 3 nitrogen and oxygen atoms in total. The van der Waals surface area contributed by atoms with Crippen molar-refractivity contribution < 1.29 is 18.3 Å². The van der Waals surface area contributed by atoms with Gasteiger partial charge in [0.05, 0.1) is 29.6 Å². The Morgan fingerprint density at radius 1 is 1.08 bits per heavy atom. The van der Waals surface area contributed by atoms with Crippen LogP contribution in [0.1, 0.15) is 5.56 Å². The molecule has 1 heterocycles. The highest BCUT2D eigenvalue weighted by Crippen LogP contribution is 2.49. The number of hydrogen-bond donors (Lipinski definition) is 2. The number of benzene rings is 2. The van der Waals surface area contributed by atoms with Gasteiger partial charge in [-0.05, 0) is 30.3 Å². The topological polar surface area (TPSA) is 49.5 Å². The Bertz CT molecular complexity index is 727. The van der Waals surface area contributed by atoms with Crippen molar-refractivity contribution in [3.05, 3.63) is 48.0 Å². The molecule has 1 aliphatic heterocycles. The van der Waals surface area contributed by atoms with Crippen LogP contribution in [0.15, 0.2) is 52.3 Å². The van der Waals surface area contributed by atoms with Gasteiger partial charge < -0.3 is 15.7 Å². The Labute approximate surface area is 148 Å². The Morgan fingerprint density at radius 2 is 1.75 bits per heavy atom. The van der Waals surface area contributed by atoms with E-state index in [9.17, 15) is 18.3 Å². The first-order valence-corrected chi connectivity index (χ1v) is 7.85. The van der Waals surface area contributed by atoms with Crippen LogP contribution in [0.2, 0.25) is 0 Å². The maximum Gasteiger partial charge on any atom is 0.416 e. The molecule has 130 valence electrons. The van der Waals surface area contributed by atoms with Crippen LogP contribution in [0.3, 0.4) is 0 Å².